The monoisotopic (exact) mass is 475 g/mol. The van der Waals surface area contributed by atoms with E-state index >= 15 is 0 Å². The number of hydrogen-bond donors (Lipinski definition) is 1. The number of nitrogens with one attached hydrogen (secondary N) is 1. The number of nitrogens with zero attached hydrogens (tertiary/aromatic N) is 4. The first-order valence-corrected chi connectivity index (χ1v) is 10.8. The van der Waals surface area contributed by atoms with Gasteiger partial charge in [-0.25, -0.2) is 9.18 Å². The topological polar surface area (TPSA) is 84.2 Å². The summed E-state index contributed by atoms with van der Waals surface area (Å²) in [5.41, 5.74) is -1.88. The van der Waals surface area contributed by atoms with Crippen LogP contribution in [0.1, 0.15) is 43.5 Å². The summed E-state index contributed by atoms with van der Waals surface area (Å²) < 4.78 is 60.2. The molecular weight excluding hydrogens is 454 g/mol. The number of aromatic nitrogens is 3. The van der Waals surface area contributed by atoms with Gasteiger partial charge in [-0.15, -0.1) is 10.2 Å². The smallest absolute Gasteiger partial charge is 0.417 e. The third-order valence-electron chi connectivity index (χ3n) is 6.50. The number of amides is 2. The average molecular weight is 475 g/mol. The number of urea groups is 1. The van der Waals surface area contributed by atoms with E-state index in [2.05, 4.69) is 27.4 Å². The molecule has 7 nitrogen and oxygen atoms in total. The molecule has 2 bridgehead atoms. The zero-order valence-corrected chi connectivity index (χ0v) is 18.4. The fraction of sp³-hybridized carbons (Fsp3) is 0.391. The van der Waals surface area contributed by atoms with Gasteiger partial charge in [0.2, 0.25) is 11.8 Å². The predicted molar refractivity (Wildman–Crippen MR) is 113 cm³/mol. The maximum atomic E-state index is 13.7. The quantitative estimate of drug-likeness (QED) is 0.504. The van der Waals surface area contributed by atoms with Crippen molar-refractivity contribution in [1.29, 1.82) is 0 Å². The Morgan fingerprint density at radius 3 is 2.68 bits per heavy atom. The second-order valence-electron chi connectivity index (χ2n) is 9.01. The van der Waals surface area contributed by atoms with Crippen molar-refractivity contribution in [2.45, 2.75) is 50.9 Å². The second kappa shape index (κ2) is 7.78. The zero-order valence-electron chi connectivity index (χ0n) is 18.4. The molecule has 3 aromatic rings. The molecule has 178 valence electrons. The van der Waals surface area contributed by atoms with E-state index in [-0.39, 0.29) is 22.9 Å². The molecule has 5 rings (SSSR count). The van der Waals surface area contributed by atoms with Crippen molar-refractivity contribution < 1.29 is 26.8 Å². The predicted octanol–water partition coefficient (Wildman–Crippen LogP) is 5.53. The highest BCUT2D eigenvalue weighted by Gasteiger charge is 2.62. The summed E-state index contributed by atoms with van der Waals surface area (Å²) >= 11 is 0. The maximum absolute atomic E-state index is 13.7. The Kier molecular flexibility index (Phi) is 5.10. The standard InChI is InChI=1S/C23H21F4N5O2/c1-12-5-17-9-22(8-12,20-31-30-13(2)34-20)32(17)21(33)29-16-3-4-19(23(25,26)27)18(7-16)14-6-15(24)11-28-10-14/h3-4,6-7,10-12,17H,5,8-9H2,1-2H3,(H,29,33). The molecule has 1 N–H and O–H groups in total. The third kappa shape index (κ3) is 3.68. The lowest BCUT2D eigenvalue weighted by atomic mass is 9.64. The van der Waals surface area contributed by atoms with Crippen LogP contribution in [0.25, 0.3) is 11.1 Å². The fourth-order valence-electron chi connectivity index (χ4n) is 5.28. The minimum absolute atomic E-state index is 0.0442. The molecule has 2 fully saturated rings. The lowest BCUT2D eigenvalue weighted by molar-refractivity contribution is -0.137. The van der Waals surface area contributed by atoms with Crippen LogP contribution in [-0.2, 0) is 11.7 Å². The van der Waals surface area contributed by atoms with Crippen molar-refractivity contribution in [3.8, 4) is 11.1 Å². The highest BCUT2D eigenvalue weighted by atomic mass is 19.4. The minimum Gasteiger partial charge on any atom is -0.423 e. The Hall–Kier alpha value is -3.50. The van der Waals surface area contributed by atoms with E-state index in [1.807, 2.05) is 0 Å². The van der Waals surface area contributed by atoms with Crippen molar-refractivity contribution in [2.24, 2.45) is 5.92 Å². The fourth-order valence-corrected chi connectivity index (χ4v) is 5.28. The largest absolute Gasteiger partial charge is 0.423 e. The van der Waals surface area contributed by atoms with Crippen LogP contribution in [0.3, 0.4) is 0 Å². The number of pyridine rings is 1. The van der Waals surface area contributed by atoms with Crippen LogP contribution in [0.5, 0.6) is 0 Å². The number of aryl methyl sites for hydroxylation is 1. The molecule has 3 heterocycles. The zero-order chi connectivity index (χ0) is 24.3. The highest BCUT2D eigenvalue weighted by molar-refractivity contribution is 5.92. The van der Waals surface area contributed by atoms with Crippen molar-refractivity contribution in [3.05, 3.63) is 59.8 Å². The number of halogens is 4. The number of alkyl halides is 3. The molecule has 1 saturated carbocycles. The Labute approximate surface area is 192 Å². The number of piperidine rings is 1. The first-order valence-electron chi connectivity index (χ1n) is 10.8. The van der Waals surface area contributed by atoms with Gasteiger partial charge in [0.25, 0.3) is 0 Å². The molecule has 11 heteroatoms. The minimum atomic E-state index is -4.67. The first kappa shape index (κ1) is 22.3. The summed E-state index contributed by atoms with van der Waals surface area (Å²) in [4.78, 5) is 18.6. The summed E-state index contributed by atoms with van der Waals surface area (Å²) in [6, 6.07) is 3.68. The number of carbonyl (C=O) groups excluding carboxylic acids is 1. The van der Waals surface area contributed by atoms with Crippen LogP contribution in [-0.4, -0.2) is 32.2 Å². The van der Waals surface area contributed by atoms with Crippen molar-refractivity contribution in [3.63, 3.8) is 0 Å². The summed E-state index contributed by atoms with van der Waals surface area (Å²) in [7, 11) is 0. The number of anilines is 1. The molecule has 1 aromatic carbocycles. The van der Waals surface area contributed by atoms with E-state index in [0.29, 0.717) is 30.5 Å². The summed E-state index contributed by atoms with van der Waals surface area (Å²) in [5.74, 6) is 0.330. The molecule has 0 radical (unpaired) electrons. The van der Waals surface area contributed by atoms with E-state index in [0.717, 1.165) is 30.9 Å². The second-order valence-corrected chi connectivity index (χ2v) is 9.01. The number of carbonyl (C=O) groups is 1. The van der Waals surface area contributed by atoms with Crippen molar-refractivity contribution >= 4 is 11.7 Å². The van der Waals surface area contributed by atoms with Gasteiger partial charge in [-0.2, -0.15) is 13.2 Å². The molecule has 3 atom stereocenters. The molecule has 1 aliphatic carbocycles. The average Bonchev–Trinajstić information content (AvgIpc) is 3.19. The highest BCUT2D eigenvalue weighted by Crippen LogP contribution is 2.55. The van der Waals surface area contributed by atoms with Gasteiger partial charge >= 0.3 is 12.2 Å². The molecule has 2 aliphatic rings. The molecule has 2 aromatic heterocycles. The molecule has 3 unspecified atom stereocenters. The van der Waals surface area contributed by atoms with Gasteiger partial charge in [0, 0.05) is 36.8 Å². The number of rotatable bonds is 3. The molecule has 34 heavy (non-hydrogen) atoms. The number of fused-ring (bicyclic) bond motifs is 2. The Morgan fingerprint density at radius 2 is 2.00 bits per heavy atom. The lowest BCUT2D eigenvalue weighted by Crippen LogP contribution is -2.70. The van der Waals surface area contributed by atoms with Crippen LogP contribution in [0.15, 0.2) is 41.1 Å². The Morgan fingerprint density at radius 1 is 1.21 bits per heavy atom. The van der Waals surface area contributed by atoms with Crippen LogP contribution in [0.2, 0.25) is 0 Å². The van der Waals surface area contributed by atoms with Crippen molar-refractivity contribution in [1.82, 2.24) is 20.1 Å². The number of likely N-dealkylation sites (tertiary alicyclic amines) is 1. The Balaban J connectivity index is 1.47. The van der Waals surface area contributed by atoms with Gasteiger partial charge in [0.05, 0.1) is 11.8 Å². The van der Waals surface area contributed by atoms with Gasteiger partial charge in [0.1, 0.15) is 11.4 Å². The summed E-state index contributed by atoms with van der Waals surface area (Å²) in [6.45, 7) is 3.76. The van der Waals surface area contributed by atoms with E-state index in [9.17, 15) is 22.4 Å². The summed E-state index contributed by atoms with van der Waals surface area (Å²) in [5, 5.41) is 10.8. The Bertz CT molecular complexity index is 1260. The molecule has 2 amide bonds. The normalized spacial score (nSPS) is 24.0. The van der Waals surface area contributed by atoms with Gasteiger partial charge < -0.3 is 14.6 Å². The molecule has 1 saturated heterocycles. The number of benzene rings is 1. The first-order chi connectivity index (χ1) is 16.1. The number of hydrogen-bond acceptors (Lipinski definition) is 5. The van der Waals surface area contributed by atoms with E-state index in [1.54, 1.807) is 11.8 Å². The molecule has 1 aliphatic heterocycles. The van der Waals surface area contributed by atoms with Gasteiger partial charge in [-0.1, -0.05) is 6.92 Å². The molecular formula is C23H21F4N5O2. The van der Waals surface area contributed by atoms with Crippen LogP contribution in [0, 0.1) is 18.7 Å². The van der Waals surface area contributed by atoms with E-state index in [1.165, 1.54) is 12.1 Å². The molecule has 0 spiro atoms. The SMILES string of the molecule is Cc1nnc(C23CC(C)CC(C2)N3C(=O)Nc2ccc(C(F)(F)F)c(-c3cncc(F)c3)c2)o1. The van der Waals surface area contributed by atoms with Gasteiger partial charge in [-0.3, -0.25) is 4.98 Å². The van der Waals surface area contributed by atoms with Gasteiger partial charge in [-0.05, 0) is 48.6 Å². The van der Waals surface area contributed by atoms with E-state index < -0.39 is 29.1 Å². The van der Waals surface area contributed by atoms with Crippen LogP contribution < -0.4 is 5.32 Å². The lowest BCUT2D eigenvalue weighted by Gasteiger charge is -2.61. The van der Waals surface area contributed by atoms with E-state index in [4.69, 9.17) is 4.42 Å². The third-order valence-corrected chi connectivity index (χ3v) is 6.50. The maximum Gasteiger partial charge on any atom is 0.417 e. The van der Waals surface area contributed by atoms with Crippen LogP contribution >= 0.6 is 0 Å². The van der Waals surface area contributed by atoms with Crippen LogP contribution in [0.4, 0.5) is 28.0 Å². The van der Waals surface area contributed by atoms with Crippen molar-refractivity contribution in [2.75, 3.05) is 5.32 Å². The summed E-state index contributed by atoms with van der Waals surface area (Å²) in [6.07, 6.45) is -0.492. The van der Waals surface area contributed by atoms with Gasteiger partial charge in [0.15, 0.2) is 0 Å².